The number of benzene rings is 3. The molecular weight excluding hydrogens is 491 g/mol. The molecule has 0 spiro atoms. The highest BCUT2D eigenvalue weighted by molar-refractivity contribution is 6.33. The van der Waals surface area contributed by atoms with Gasteiger partial charge >= 0.3 is 0 Å². The topological polar surface area (TPSA) is 99.3 Å². The summed E-state index contributed by atoms with van der Waals surface area (Å²) in [7, 11) is 0. The summed E-state index contributed by atoms with van der Waals surface area (Å²) in [5.41, 5.74) is 2.57. The number of nitro benzene ring substituents is 1. The number of aromatic nitrogens is 2. The predicted octanol–water partition coefficient (Wildman–Crippen LogP) is 6.29. The number of anilines is 1. The molecule has 1 amide bonds. The summed E-state index contributed by atoms with van der Waals surface area (Å²) in [6.45, 7) is 2.24. The smallest absolute Gasteiger partial charge is 0.272 e. The van der Waals surface area contributed by atoms with Crippen molar-refractivity contribution in [2.45, 2.75) is 20.1 Å². The van der Waals surface area contributed by atoms with E-state index in [2.05, 4.69) is 10.4 Å². The average Bonchev–Trinajstić information content (AvgIpc) is 3.17. The number of nitro groups is 1. The predicted molar refractivity (Wildman–Crippen MR) is 134 cm³/mol. The third kappa shape index (κ3) is 5.98. The average molecular weight is 511 g/mol. The fraction of sp³-hybridized carbons (Fsp3) is 0.120. The van der Waals surface area contributed by atoms with Crippen LogP contribution in [0.25, 0.3) is 0 Å². The normalized spacial score (nSPS) is 10.7. The summed E-state index contributed by atoms with van der Waals surface area (Å²) in [5.74, 6) is 0.369. The Morgan fingerprint density at radius 1 is 1.09 bits per heavy atom. The molecule has 1 aromatic heterocycles. The fourth-order valence-corrected chi connectivity index (χ4v) is 3.83. The van der Waals surface area contributed by atoms with E-state index in [9.17, 15) is 14.9 Å². The Morgan fingerprint density at radius 3 is 2.63 bits per heavy atom. The molecule has 0 bridgehead atoms. The van der Waals surface area contributed by atoms with E-state index < -0.39 is 4.92 Å². The molecule has 0 aliphatic rings. The second-order valence-electron chi connectivity index (χ2n) is 7.76. The Balaban J connectivity index is 1.41. The van der Waals surface area contributed by atoms with Gasteiger partial charge in [-0.15, -0.1) is 0 Å². The second-order valence-corrected chi connectivity index (χ2v) is 8.58. The fourth-order valence-electron chi connectivity index (χ4n) is 3.44. The molecule has 0 aliphatic heterocycles. The second kappa shape index (κ2) is 10.6. The standard InChI is InChI=1S/C25H20Cl2N4O4/c1-16-11-20(9-10-23(16)31(33)34)35-15-17-5-4-7-18(12-17)25(32)28-24-22(27)14-30(29-24)13-19-6-2-3-8-21(19)26/h2-12,14H,13,15H2,1H3,(H,28,29,32). The summed E-state index contributed by atoms with van der Waals surface area (Å²) >= 11 is 12.5. The minimum Gasteiger partial charge on any atom is -0.489 e. The van der Waals surface area contributed by atoms with E-state index in [1.54, 1.807) is 54.2 Å². The molecule has 0 saturated carbocycles. The van der Waals surface area contributed by atoms with Gasteiger partial charge in [-0.2, -0.15) is 5.10 Å². The van der Waals surface area contributed by atoms with Crippen LogP contribution in [0.1, 0.15) is 27.0 Å². The number of carbonyl (C=O) groups is 1. The van der Waals surface area contributed by atoms with Crippen LogP contribution in [0.15, 0.2) is 72.9 Å². The summed E-state index contributed by atoms with van der Waals surface area (Å²) in [5, 5.41) is 19.0. The van der Waals surface area contributed by atoms with Crippen LogP contribution in [0.2, 0.25) is 10.0 Å². The van der Waals surface area contributed by atoms with Crippen LogP contribution in [0, 0.1) is 17.0 Å². The first-order chi connectivity index (χ1) is 16.8. The van der Waals surface area contributed by atoms with Gasteiger partial charge in [-0.05, 0) is 48.4 Å². The highest BCUT2D eigenvalue weighted by Crippen LogP contribution is 2.25. The number of amides is 1. The molecule has 0 radical (unpaired) electrons. The Bertz CT molecular complexity index is 1400. The maximum atomic E-state index is 12.8. The van der Waals surface area contributed by atoms with Crippen LogP contribution in [0.3, 0.4) is 0 Å². The van der Waals surface area contributed by atoms with Gasteiger partial charge in [-0.25, -0.2) is 0 Å². The van der Waals surface area contributed by atoms with Gasteiger partial charge in [0.1, 0.15) is 17.4 Å². The van der Waals surface area contributed by atoms with Crippen LogP contribution in [-0.2, 0) is 13.2 Å². The molecule has 1 N–H and O–H groups in total. The Morgan fingerprint density at radius 2 is 1.89 bits per heavy atom. The lowest BCUT2D eigenvalue weighted by Gasteiger charge is -2.09. The maximum absolute atomic E-state index is 12.8. The van der Waals surface area contributed by atoms with E-state index in [1.807, 2.05) is 24.3 Å². The first-order valence-corrected chi connectivity index (χ1v) is 11.3. The quantitative estimate of drug-likeness (QED) is 0.222. The van der Waals surface area contributed by atoms with E-state index in [4.69, 9.17) is 27.9 Å². The largest absolute Gasteiger partial charge is 0.489 e. The molecule has 0 fully saturated rings. The molecule has 0 atom stereocenters. The number of halogens is 2. The summed E-state index contributed by atoms with van der Waals surface area (Å²) in [6, 6.07) is 18.9. The number of ether oxygens (including phenoxy) is 1. The number of nitrogens with one attached hydrogen (secondary N) is 1. The van der Waals surface area contributed by atoms with Crippen molar-refractivity contribution in [3.05, 3.63) is 115 Å². The van der Waals surface area contributed by atoms with Gasteiger partial charge in [0.25, 0.3) is 11.6 Å². The molecule has 35 heavy (non-hydrogen) atoms. The molecule has 178 valence electrons. The molecule has 1 heterocycles. The molecule has 4 rings (SSSR count). The number of rotatable bonds is 8. The zero-order valence-electron chi connectivity index (χ0n) is 18.6. The Labute approximate surface area is 211 Å². The maximum Gasteiger partial charge on any atom is 0.272 e. The van der Waals surface area contributed by atoms with Crippen molar-refractivity contribution in [1.82, 2.24) is 9.78 Å². The zero-order chi connectivity index (χ0) is 24.9. The number of hydrogen-bond acceptors (Lipinski definition) is 5. The summed E-state index contributed by atoms with van der Waals surface area (Å²) in [4.78, 5) is 23.3. The molecule has 0 saturated heterocycles. The Hall–Kier alpha value is -3.88. The van der Waals surface area contributed by atoms with Gasteiger partial charge in [0.05, 0.1) is 11.5 Å². The molecule has 8 nitrogen and oxygen atoms in total. The van der Waals surface area contributed by atoms with Gasteiger partial charge < -0.3 is 10.1 Å². The van der Waals surface area contributed by atoms with Crippen molar-refractivity contribution in [3.63, 3.8) is 0 Å². The number of hydrogen-bond donors (Lipinski definition) is 1. The molecule has 0 unspecified atom stereocenters. The summed E-state index contributed by atoms with van der Waals surface area (Å²) < 4.78 is 7.35. The van der Waals surface area contributed by atoms with Gasteiger partial charge in [0.2, 0.25) is 0 Å². The molecule has 3 aromatic carbocycles. The lowest BCUT2D eigenvalue weighted by molar-refractivity contribution is -0.385. The highest BCUT2D eigenvalue weighted by atomic mass is 35.5. The van der Waals surface area contributed by atoms with E-state index in [-0.39, 0.29) is 24.0 Å². The monoisotopic (exact) mass is 510 g/mol. The lowest BCUT2D eigenvalue weighted by atomic mass is 10.1. The van der Waals surface area contributed by atoms with Crippen molar-refractivity contribution < 1.29 is 14.5 Å². The highest BCUT2D eigenvalue weighted by Gasteiger charge is 2.14. The minimum absolute atomic E-state index is 0.0315. The molecule has 4 aromatic rings. The van der Waals surface area contributed by atoms with Crippen molar-refractivity contribution in [2.75, 3.05) is 5.32 Å². The van der Waals surface area contributed by atoms with Crippen molar-refractivity contribution in [3.8, 4) is 5.75 Å². The van der Waals surface area contributed by atoms with Crippen molar-refractivity contribution >= 4 is 40.6 Å². The summed E-state index contributed by atoms with van der Waals surface area (Å²) in [6.07, 6.45) is 1.62. The Kier molecular flexibility index (Phi) is 7.33. The third-order valence-corrected chi connectivity index (χ3v) is 5.84. The van der Waals surface area contributed by atoms with Crippen LogP contribution in [-0.4, -0.2) is 20.6 Å². The van der Waals surface area contributed by atoms with Crippen LogP contribution in [0.5, 0.6) is 5.75 Å². The van der Waals surface area contributed by atoms with E-state index in [0.717, 1.165) is 11.1 Å². The minimum atomic E-state index is -0.437. The number of aryl methyl sites for hydroxylation is 1. The van der Waals surface area contributed by atoms with Crippen LogP contribution < -0.4 is 10.1 Å². The van der Waals surface area contributed by atoms with Gasteiger partial charge in [0, 0.05) is 28.4 Å². The first-order valence-electron chi connectivity index (χ1n) is 10.5. The van der Waals surface area contributed by atoms with Crippen LogP contribution in [0.4, 0.5) is 11.5 Å². The molecule has 0 aliphatic carbocycles. The van der Waals surface area contributed by atoms with Gasteiger partial charge in [-0.3, -0.25) is 19.6 Å². The first kappa shape index (κ1) is 24.3. The van der Waals surface area contributed by atoms with E-state index >= 15 is 0 Å². The molecule has 10 heteroatoms. The lowest BCUT2D eigenvalue weighted by Crippen LogP contribution is -2.13. The third-order valence-electron chi connectivity index (χ3n) is 5.20. The SMILES string of the molecule is Cc1cc(OCc2cccc(C(=O)Nc3nn(Cc4ccccc4Cl)cc3Cl)c2)ccc1[N+](=O)[O-]. The van der Waals surface area contributed by atoms with Gasteiger partial charge in [-0.1, -0.05) is 53.5 Å². The zero-order valence-corrected chi connectivity index (χ0v) is 20.1. The number of nitrogens with zero attached hydrogens (tertiary/aromatic N) is 3. The van der Waals surface area contributed by atoms with Crippen molar-refractivity contribution in [1.29, 1.82) is 0 Å². The number of carbonyl (C=O) groups excluding carboxylic acids is 1. The van der Waals surface area contributed by atoms with E-state index in [0.29, 0.717) is 33.5 Å². The van der Waals surface area contributed by atoms with E-state index in [1.165, 1.54) is 6.07 Å². The van der Waals surface area contributed by atoms with Crippen LogP contribution >= 0.6 is 23.2 Å². The molecular formula is C25H20Cl2N4O4. The van der Waals surface area contributed by atoms with Gasteiger partial charge in [0.15, 0.2) is 5.82 Å². The van der Waals surface area contributed by atoms with Crippen molar-refractivity contribution in [2.24, 2.45) is 0 Å².